The molecule has 0 amide bonds. The van der Waals surface area contributed by atoms with E-state index in [0.29, 0.717) is 44.1 Å². The van der Waals surface area contributed by atoms with Crippen molar-refractivity contribution >= 4 is 16.0 Å². The van der Waals surface area contributed by atoms with Crippen molar-refractivity contribution < 1.29 is 13.2 Å². The van der Waals surface area contributed by atoms with Crippen molar-refractivity contribution in [3.63, 3.8) is 0 Å². The zero-order valence-corrected chi connectivity index (χ0v) is 16.1. The van der Waals surface area contributed by atoms with E-state index in [9.17, 15) is 8.42 Å². The van der Waals surface area contributed by atoms with Gasteiger partial charge in [-0.3, -0.25) is 0 Å². The third-order valence-electron chi connectivity index (χ3n) is 5.58. The predicted octanol–water partition coefficient (Wildman–Crippen LogP) is 1.26. The molecule has 26 heavy (non-hydrogen) atoms. The van der Waals surface area contributed by atoms with Gasteiger partial charge in [0.1, 0.15) is 12.1 Å². The van der Waals surface area contributed by atoms with E-state index < -0.39 is 10.2 Å². The molecule has 1 aliphatic carbocycles. The summed E-state index contributed by atoms with van der Waals surface area (Å²) >= 11 is 0. The average Bonchev–Trinajstić information content (AvgIpc) is 3.33. The van der Waals surface area contributed by atoms with Crippen LogP contribution in [0.25, 0.3) is 0 Å². The van der Waals surface area contributed by atoms with E-state index in [1.807, 2.05) is 6.07 Å². The van der Waals surface area contributed by atoms with Crippen LogP contribution in [0.3, 0.4) is 0 Å². The molecule has 0 spiro atoms. The summed E-state index contributed by atoms with van der Waals surface area (Å²) in [4.78, 5) is 10.9. The van der Waals surface area contributed by atoms with Gasteiger partial charge in [0.05, 0.1) is 7.11 Å². The second-order valence-corrected chi connectivity index (χ2v) is 9.23. The van der Waals surface area contributed by atoms with Crippen molar-refractivity contribution in [2.45, 2.75) is 50.6 Å². The Labute approximate surface area is 155 Å². The highest BCUT2D eigenvalue weighted by Crippen LogP contribution is 2.36. The SMILES string of the molecule is COc1cc(N(C2CC2)C2CCN(S(=O)(=O)N3CCCC3)CC2)ncn1. The zero-order chi connectivity index (χ0) is 18.1. The monoisotopic (exact) mass is 381 g/mol. The number of piperidine rings is 1. The Bertz CT molecular complexity index is 726. The van der Waals surface area contributed by atoms with Gasteiger partial charge in [0, 0.05) is 44.3 Å². The topological polar surface area (TPSA) is 78.9 Å². The molecule has 9 heteroatoms. The van der Waals surface area contributed by atoms with Crippen molar-refractivity contribution in [3.05, 3.63) is 12.4 Å². The Hall–Kier alpha value is -1.45. The van der Waals surface area contributed by atoms with E-state index in [2.05, 4.69) is 14.9 Å². The van der Waals surface area contributed by atoms with E-state index >= 15 is 0 Å². The van der Waals surface area contributed by atoms with Crippen LogP contribution in [0.5, 0.6) is 5.88 Å². The predicted molar refractivity (Wildman–Crippen MR) is 98.4 cm³/mol. The molecule has 3 heterocycles. The fourth-order valence-electron chi connectivity index (χ4n) is 4.04. The molecule has 0 N–H and O–H groups in total. The molecule has 8 nitrogen and oxygen atoms in total. The first-order valence-corrected chi connectivity index (χ1v) is 10.9. The molecule has 2 saturated heterocycles. The molecule has 3 fully saturated rings. The van der Waals surface area contributed by atoms with Crippen LogP contribution in [0.2, 0.25) is 0 Å². The van der Waals surface area contributed by atoms with Gasteiger partial charge in [0.2, 0.25) is 5.88 Å². The third kappa shape index (κ3) is 3.52. The quantitative estimate of drug-likeness (QED) is 0.738. The highest BCUT2D eigenvalue weighted by atomic mass is 32.2. The number of rotatable bonds is 6. The lowest BCUT2D eigenvalue weighted by molar-refractivity contribution is 0.287. The van der Waals surface area contributed by atoms with Crippen LogP contribution in [0, 0.1) is 0 Å². The normalized spacial score (nSPS) is 23.3. The molecule has 1 aromatic rings. The fourth-order valence-corrected chi connectivity index (χ4v) is 5.76. The summed E-state index contributed by atoms with van der Waals surface area (Å²) in [6.07, 6.45) is 7.47. The minimum atomic E-state index is -3.29. The summed E-state index contributed by atoms with van der Waals surface area (Å²) in [5, 5.41) is 0. The smallest absolute Gasteiger partial charge is 0.281 e. The van der Waals surface area contributed by atoms with Crippen LogP contribution in [0.15, 0.2) is 12.4 Å². The molecule has 4 rings (SSSR count). The lowest BCUT2D eigenvalue weighted by Crippen LogP contribution is -2.51. The first kappa shape index (κ1) is 17.9. The molecular formula is C17H27N5O3S. The molecule has 3 aliphatic rings. The molecule has 1 aromatic heterocycles. The van der Waals surface area contributed by atoms with Gasteiger partial charge in [-0.15, -0.1) is 0 Å². The number of ether oxygens (including phenoxy) is 1. The van der Waals surface area contributed by atoms with E-state index in [1.165, 1.54) is 19.2 Å². The van der Waals surface area contributed by atoms with Crippen molar-refractivity contribution in [1.82, 2.24) is 18.6 Å². The van der Waals surface area contributed by atoms with Gasteiger partial charge in [-0.2, -0.15) is 17.0 Å². The van der Waals surface area contributed by atoms with Crippen molar-refractivity contribution in [2.24, 2.45) is 0 Å². The van der Waals surface area contributed by atoms with E-state index in [0.717, 1.165) is 31.5 Å². The molecule has 144 valence electrons. The van der Waals surface area contributed by atoms with Gasteiger partial charge in [0.25, 0.3) is 10.2 Å². The molecule has 0 atom stereocenters. The number of nitrogens with zero attached hydrogens (tertiary/aromatic N) is 5. The van der Waals surface area contributed by atoms with Crippen molar-refractivity contribution in [3.8, 4) is 5.88 Å². The Morgan fingerprint density at radius 1 is 1.00 bits per heavy atom. The van der Waals surface area contributed by atoms with E-state index in [1.54, 1.807) is 15.7 Å². The summed E-state index contributed by atoms with van der Waals surface area (Å²) in [6.45, 7) is 2.48. The van der Waals surface area contributed by atoms with Crippen LogP contribution >= 0.6 is 0 Å². The van der Waals surface area contributed by atoms with Gasteiger partial charge in [0.15, 0.2) is 0 Å². The molecular weight excluding hydrogens is 354 g/mol. The van der Waals surface area contributed by atoms with Gasteiger partial charge >= 0.3 is 0 Å². The number of anilines is 1. The van der Waals surface area contributed by atoms with E-state index in [4.69, 9.17) is 4.74 Å². The van der Waals surface area contributed by atoms with Crippen molar-refractivity contribution in [2.75, 3.05) is 38.2 Å². The number of methoxy groups -OCH3 is 1. The maximum atomic E-state index is 12.8. The maximum absolute atomic E-state index is 12.8. The fraction of sp³-hybridized carbons (Fsp3) is 0.765. The lowest BCUT2D eigenvalue weighted by Gasteiger charge is -2.39. The molecule has 2 aliphatic heterocycles. The van der Waals surface area contributed by atoms with Gasteiger partial charge in [-0.1, -0.05) is 0 Å². The maximum Gasteiger partial charge on any atom is 0.281 e. The van der Waals surface area contributed by atoms with Crippen LogP contribution in [0.1, 0.15) is 38.5 Å². The summed E-state index contributed by atoms with van der Waals surface area (Å²) < 4.78 is 34.1. The molecule has 1 saturated carbocycles. The van der Waals surface area contributed by atoms with Gasteiger partial charge in [-0.25, -0.2) is 9.97 Å². The average molecular weight is 382 g/mol. The molecule has 0 unspecified atom stereocenters. The first-order valence-electron chi connectivity index (χ1n) is 9.49. The highest BCUT2D eigenvalue weighted by Gasteiger charge is 2.40. The van der Waals surface area contributed by atoms with Crippen LogP contribution in [0.4, 0.5) is 5.82 Å². The largest absolute Gasteiger partial charge is 0.481 e. The van der Waals surface area contributed by atoms with Gasteiger partial charge in [-0.05, 0) is 38.5 Å². The second-order valence-electron chi connectivity index (χ2n) is 7.30. The summed E-state index contributed by atoms with van der Waals surface area (Å²) in [6, 6.07) is 2.69. The Balaban J connectivity index is 1.45. The second kappa shape index (κ2) is 7.28. The Morgan fingerprint density at radius 3 is 2.23 bits per heavy atom. The molecule has 0 radical (unpaired) electrons. The van der Waals surface area contributed by atoms with Crippen LogP contribution in [-0.2, 0) is 10.2 Å². The highest BCUT2D eigenvalue weighted by molar-refractivity contribution is 7.86. The first-order chi connectivity index (χ1) is 12.6. The number of aromatic nitrogens is 2. The standard InChI is InChI=1S/C17H27N5O3S/c1-25-17-12-16(18-13-19-17)22(14-4-5-14)15-6-10-21(11-7-15)26(23,24)20-8-2-3-9-20/h12-15H,2-11H2,1H3. The molecule has 0 aromatic carbocycles. The summed E-state index contributed by atoms with van der Waals surface area (Å²) in [5.74, 6) is 1.45. The minimum Gasteiger partial charge on any atom is -0.481 e. The zero-order valence-electron chi connectivity index (χ0n) is 15.2. The molecule has 0 bridgehead atoms. The van der Waals surface area contributed by atoms with Crippen molar-refractivity contribution in [1.29, 1.82) is 0 Å². The third-order valence-corrected chi connectivity index (χ3v) is 7.61. The summed E-state index contributed by atoms with van der Waals surface area (Å²) in [7, 11) is -1.68. The Morgan fingerprint density at radius 2 is 1.62 bits per heavy atom. The van der Waals surface area contributed by atoms with Crippen LogP contribution in [-0.4, -0.2) is 72.4 Å². The minimum absolute atomic E-state index is 0.312. The van der Waals surface area contributed by atoms with Crippen LogP contribution < -0.4 is 9.64 Å². The van der Waals surface area contributed by atoms with Gasteiger partial charge < -0.3 is 9.64 Å². The lowest BCUT2D eigenvalue weighted by atomic mass is 10.0. The van der Waals surface area contributed by atoms with E-state index in [-0.39, 0.29) is 0 Å². The number of hydrogen-bond acceptors (Lipinski definition) is 6. The summed E-state index contributed by atoms with van der Waals surface area (Å²) in [5.41, 5.74) is 0. The Kier molecular flexibility index (Phi) is 5.02. The number of hydrogen-bond donors (Lipinski definition) is 0.